The van der Waals surface area contributed by atoms with E-state index in [1.165, 1.54) is 0 Å². The van der Waals surface area contributed by atoms with Gasteiger partial charge in [0.05, 0.1) is 11.1 Å². The van der Waals surface area contributed by atoms with E-state index < -0.39 is 0 Å². The van der Waals surface area contributed by atoms with Crippen LogP contribution in [0, 0.1) is 11.3 Å². The monoisotopic (exact) mass is 419 g/mol. The highest BCUT2D eigenvalue weighted by molar-refractivity contribution is 6.21. The van der Waals surface area contributed by atoms with E-state index in [0.717, 1.165) is 17.7 Å². The van der Waals surface area contributed by atoms with Crippen LogP contribution < -0.4 is 4.90 Å². The lowest BCUT2D eigenvalue weighted by Gasteiger charge is -2.34. The molecule has 0 bridgehead atoms. The van der Waals surface area contributed by atoms with Crippen molar-refractivity contribution in [2.24, 2.45) is 0 Å². The van der Waals surface area contributed by atoms with Gasteiger partial charge < -0.3 is 14.2 Å². The van der Waals surface area contributed by atoms with Crippen LogP contribution >= 0.6 is 0 Å². The molecule has 0 radical (unpaired) electrons. The Labute approximate surface area is 178 Å². The minimum atomic E-state index is -0.348. The number of carbonyl (C=O) groups excluding carboxylic acids is 3. The normalized spacial score (nSPS) is 18.4. The Morgan fingerprint density at radius 3 is 2.32 bits per heavy atom. The molecule has 9 nitrogen and oxygen atoms in total. The second-order valence-corrected chi connectivity index (χ2v) is 8.02. The highest BCUT2D eigenvalue weighted by Crippen LogP contribution is 2.41. The molecule has 1 saturated carbocycles. The number of rotatable bonds is 5. The van der Waals surface area contributed by atoms with Crippen LogP contribution in [0.5, 0.6) is 0 Å². The van der Waals surface area contributed by atoms with Crippen LogP contribution in [0.2, 0.25) is 0 Å². The molecule has 2 aromatic rings. The van der Waals surface area contributed by atoms with Gasteiger partial charge in [-0.15, -0.1) is 0 Å². The number of anilines is 1. The third kappa shape index (κ3) is 3.44. The lowest BCUT2D eigenvalue weighted by molar-refractivity contribution is -0.131. The first kappa shape index (κ1) is 19.3. The maximum absolute atomic E-state index is 12.7. The first-order chi connectivity index (χ1) is 15.1. The van der Waals surface area contributed by atoms with Crippen LogP contribution in [0.15, 0.2) is 28.7 Å². The third-order valence-electron chi connectivity index (χ3n) is 6.01. The average molecular weight is 419 g/mol. The number of fused-ring (bicyclic) bond motifs is 1. The summed E-state index contributed by atoms with van der Waals surface area (Å²) >= 11 is 0. The molecule has 3 aliphatic rings. The Kier molecular flexibility index (Phi) is 4.70. The standard InChI is InChI=1S/C22H21N5O4/c23-13-17-22(31-19(24-17)14-5-6-14)26-11-9-25(10-12-26)18(28)7-8-27-20(29)15-3-1-2-4-16(15)21(27)30/h1-4,14H,5-12H2. The van der Waals surface area contributed by atoms with Crippen LogP contribution in [-0.2, 0) is 4.79 Å². The van der Waals surface area contributed by atoms with Gasteiger partial charge in [-0.25, -0.2) is 4.98 Å². The van der Waals surface area contributed by atoms with E-state index >= 15 is 0 Å². The Morgan fingerprint density at radius 2 is 1.74 bits per heavy atom. The Balaban J connectivity index is 1.17. The number of nitrogens with zero attached hydrogens (tertiary/aromatic N) is 5. The molecule has 1 aromatic carbocycles. The number of imide groups is 1. The molecule has 0 spiro atoms. The molecular formula is C22H21N5O4. The van der Waals surface area contributed by atoms with Crippen molar-refractivity contribution in [3.8, 4) is 6.07 Å². The first-order valence-corrected chi connectivity index (χ1v) is 10.5. The number of aromatic nitrogens is 1. The minimum absolute atomic E-state index is 0.0663. The number of benzene rings is 1. The van der Waals surface area contributed by atoms with Gasteiger partial charge in [-0.3, -0.25) is 19.3 Å². The summed E-state index contributed by atoms with van der Waals surface area (Å²) in [6, 6.07) is 8.80. The van der Waals surface area contributed by atoms with Crippen molar-refractivity contribution in [3.63, 3.8) is 0 Å². The van der Waals surface area contributed by atoms with E-state index in [9.17, 15) is 19.6 Å². The molecule has 31 heavy (non-hydrogen) atoms. The molecule has 3 heterocycles. The van der Waals surface area contributed by atoms with Crippen molar-refractivity contribution in [2.45, 2.75) is 25.2 Å². The Bertz CT molecular complexity index is 1070. The minimum Gasteiger partial charge on any atom is -0.423 e. The van der Waals surface area contributed by atoms with Crippen molar-refractivity contribution in [1.29, 1.82) is 5.26 Å². The molecule has 5 rings (SSSR count). The third-order valence-corrected chi connectivity index (χ3v) is 6.01. The number of piperazine rings is 1. The Hall–Kier alpha value is -3.67. The zero-order chi connectivity index (χ0) is 21.5. The number of hydrogen-bond donors (Lipinski definition) is 0. The highest BCUT2D eigenvalue weighted by atomic mass is 16.4. The second kappa shape index (κ2) is 7.54. The zero-order valence-electron chi connectivity index (χ0n) is 16.9. The summed E-state index contributed by atoms with van der Waals surface area (Å²) in [6.45, 7) is 2.09. The molecule has 1 aliphatic carbocycles. The van der Waals surface area contributed by atoms with Gasteiger partial charge in [0.1, 0.15) is 6.07 Å². The fourth-order valence-electron chi connectivity index (χ4n) is 4.09. The summed E-state index contributed by atoms with van der Waals surface area (Å²) in [4.78, 5) is 46.7. The van der Waals surface area contributed by atoms with Crippen molar-refractivity contribution in [3.05, 3.63) is 47.0 Å². The van der Waals surface area contributed by atoms with Crippen LogP contribution in [0.1, 0.15) is 57.5 Å². The van der Waals surface area contributed by atoms with Crippen molar-refractivity contribution in [2.75, 3.05) is 37.6 Å². The van der Waals surface area contributed by atoms with Crippen LogP contribution in [0.4, 0.5) is 5.88 Å². The van der Waals surface area contributed by atoms with Gasteiger partial charge >= 0.3 is 0 Å². The van der Waals surface area contributed by atoms with E-state index in [2.05, 4.69) is 11.1 Å². The predicted octanol–water partition coefficient (Wildman–Crippen LogP) is 1.76. The number of carbonyl (C=O) groups is 3. The summed E-state index contributed by atoms with van der Waals surface area (Å²) in [7, 11) is 0. The second-order valence-electron chi connectivity index (χ2n) is 8.02. The maximum Gasteiger partial charge on any atom is 0.261 e. The average Bonchev–Trinajstić information content (AvgIpc) is 3.52. The van der Waals surface area contributed by atoms with Crippen LogP contribution in [0.25, 0.3) is 0 Å². The topological polar surface area (TPSA) is 111 Å². The lowest BCUT2D eigenvalue weighted by Crippen LogP contribution is -2.49. The van der Waals surface area contributed by atoms with Gasteiger partial charge in [-0.2, -0.15) is 5.26 Å². The molecule has 1 aromatic heterocycles. The first-order valence-electron chi connectivity index (χ1n) is 10.5. The Morgan fingerprint density at radius 1 is 1.10 bits per heavy atom. The van der Waals surface area contributed by atoms with Crippen molar-refractivity contribution >= 4 is 23.6 Å². The SMILES string of the molecule is N#Cc1nc(C2CC2)oc1N1CCN(C(=O)CCN2C(=O)c3ccccc3C2=O)CC1. The maximum atomic E-state index is 12.7. The van der Waals surface area contributed by atoms with Gasteiger partial charge in [-0.05, 0) is 25.0 Å². The van der Waals surface area contributed by atoms with Gasteiger partial charge in [0, 0.05) is 45.1 Å². The largest absolute Gasteiger partial charge is 0.423 e. The molecular weight excluding hydrogens is 398 g/mol. The quantitative estimate of drug-likeness (QED) is 0.679. The van der Waals surface area contributed by atoms with E-state index in [1.807, 2.05) is 4.90 Å². The summed E-state index contributed by atoms with van der Waals surface area (Å²) in [6.07, 6.45) is 2.17. The summed E-state index contributed by atoms with van der Waals surface area (Å²) in [5.74, 6) is 0.644. The van der Waals surface area contributed by atoms with Gasteiger partial charge in [0.25, 0.3) is 11.8 Å². The lowest BCUT2D eigenvalue weighted by atomic mass is 10.1. The highest BCUT2D eigenvalue weighted by Gasteiger charge is 2.36. The summed E-state index contributed by atoms with van der Waals surface area (Å²) < 4.78 is 5.84. The van der Waals surface area contributed by atoms with Gasteiger partial charge in [-0.1, -0.05) is 12.1 Å². The molecule has 2 fully saturated rings. The van der Waals surface area contributed by atoms with Crippen molar-refractivity contribution < 1.29 is 18.8 Å². The van der Waals surface area contributed by atoms with E-state index in [4.69, 9.17) is 4.42 Å². The predicted molar refractivity (Wildman–Crippen MR) is 108 cm³/mol. The molecule has 0 unspecified atom stereocenters. The van der Waals surface area contributed by atoms with E-state index in [0.29, 0.717) is 60.7 Å². The number of hydrogen-bond acceptors (Lipinski definition) is 7. The van der Waals surface area contributed by atoms with Crippen LogP contribution in [0.3, 0.4) is 0 Å². The molecule has 158 valence electrons. The molecule has 9 heteroatoms. The van der Waals surface area contributed by atoms with Crippen LogP contribution in [-0.4, -0.2) is 65.2 Å². The number of nitriles is 1. The summed E-state index contributed by atoms with van der Waals surface area (Å²) in [5, 5.41) is 9.36. The molecule has 2 aliphatic heterocycles. The molecule has 0 N–H and O–H groups in total. The fourth-order valence-corrected chi connectivity index (χ4v) is 4.09. The molecule has 1 saturated heterocycles. The van der Waals surface area contributed by atoms with E-state index in [-0.39, 0.29) is 30.7 Å². The summed E-state index contributed by atoms with van der Waals surface area (Å²) in [5.41, 5.74) is 1.08. The fraction of sp³-hybridized carbons (Fsp3) is 0.409. The smallest absolute Gasteiger partial charge is 0.261 e. The molecule has 3 amide bonds. The van der Waals surface area contributed by atoms with E-state index in [1.54, 1.807) is 29.2 Å². The van der Waals surface area contributed by atoms with Gasteiger partial charge in [0.15, 0.2) is 0 Å². The zero-order valence-corrected chi connectivity index (χ0v) is 16.9. The van der Waals surface area contributed by atoms with Crippen molar-refractivity contribution in [1.82, 2.24) is 14.8 Å². The number of amides is 3. The number of oxazole rings is 1. The molecule has 0 atom stereocenters. The van der Waals surface area contributed by atoms with Gasteiger partial charge in [0.2, 0.25) is 23.4 Å².